The van der Waals surface area contributed by atoms with E-state index in [4.69, 9.17) is 9.15 Å². The smallest absolute Gasteiger partial charge is 0.226 e. The van der Waals surface area contributed by atoms with Crippen LogP contribution in [0.2, 0.25) is 0 Å². The van der Waals surface area contributed by atoms with E-state index in [1.807, 2.05) is 67.0 Å². The molecule has 0 aliphatic rings. The number of nitrogens with zero attached hydrogens (tertiary/aromatic N) is 3. The van der Waals surface area contributed by atoms with Gasteiger partial charge in [0.15, 0.2) is 24.7 Å². The molecule has 2 aromatic heterocycles. The fourth-order valence-corrected chi connectivity index (χ4v) is 3.09. The Balaban J connectivity index is 1.50. The number of rotatable bonds is 6. The molecule has 0 spiro atoms. The highest BCUT2D eigenvalue weighted by atomic mass is 32.1. The molecule has 0 bridgehead atoms. The second-order valence-corrected chi connectivity index (χ2v) is 6.57. The molecule has 142 valence electrons. The van der Waals surface area contributed by atoms with Crippen molar-refractivity contribution in [3.63, 3.8) is 0 Å². The van der Waals surface area contributed by atoms with E-state index in [0.29, 0.717) is 5.89 Å². The van der Waals surface area contributed by atoms with Crippen molar-refractivity contribution in [1.82, 2.24) is 4.98 Å². The molecule has 5 nitrogen and oxygen atoms in total. The van der Waals surface area contributed by atoms with Crippen molar-refractivity contribution in [1.29, 1.82) is 0 Å². The third-order valence-corrected chi connectivity index (χ3v) is 4.56. The third kappa shape index (κ3) is 4.46. The van der Waals surface area contributed by atoms with Gasteiger partial charge in [-0.3, -0.25) is 0 Å². The van der Waals surface area contributed by atoms with Crippen LogP contribution in [0, 0.1) is 0 Å². The summed E-state index contributed by atoms with van der Waals surface area (Å²) in [7, 11) is 1.64. The summed E-state index contributed by atoms with van der Waals surface area (Å²) in [6.07, 6.45) is 5.77. The normalized spacial score (nSPS) is 10.4. The average molecular weight is 400 g/mol. The summed E-state index contributed by atoms with van der Waals surface area (Å²) in [5.74, 6) is 2.10. The number of thiocarbonyl (C=S) groups is 1. The Morgan fingerprint density at radius 2 is 1.86 bits per heavy atom. The number of hydrogen-bond donors (Lipinski definition) is 0. The van der Waals surface area contributed by atoms with Crippen LogP contribution in [0.25, 0.3) is 22.8 Å². The van der Waals surface area contributed by atoms with Crippen LogP contribution in [0.1, 0.15) is 5.56 Å². The molecule has 0 amide bonds. The molecule has 4 rings (SSSR count). The van der Waals surface area contributed by atoms with Crippen LogP contribution in [0.15, 0.2) is 88.7 Å². The van der Waals surface area contributed by atoms with E-state index >= 15 is 0 Å². The highest BCUT2D eigenvalue weighted by Gasteiger charge is 2.11. The molecule has 0 aliphatic carbocycles. The van der Waals surface area contributed by atoms with Crippen molar-refractivity contribution in [3.05, 3.63) is 84.8 Å². The Morgan fingerprint density at radius 3 is 2.59 bits per heavy atom. The zero-order valence-corrected chi connectivity index (χ0v) is 16.6. The lowest BCUT2D eigenvalue weighted by Crippen LogP contribution is -2.32. The highest BCUT2D eigenvalue weighted by molar-refractivity contribution is 7.78. The highest BCUT2D eigenvalue weighted by Crippen LogP contribution is 2.26. The van der Waals surface area contributed by atoms with Gasteiger partial charge in [0.2, 0.25) is 5.89 Å². The van der Waals surface area contributed by atoms with Crippen molar-refractivity contribution in [2.75, 3.05) is 7.11 Å². The topological polar surface area (TPSA) is 51.5 Å². The first-order valence-corrected chi connectivity index (χ1v) is 9.42. The van der Waals surface area contributed by atoms with E-state index in [0.717, 1.165) is 40.4 Å². The molecule has 0 saturated carbocycles. The van der Waals surface area contributed by atoms with Crippen LogP contribution in [-0.4, -0.2) is 17.3 Å². The summed E-state index contributed by atoms with van der Waals surface area (Å²) in [5, 5.41) is 2.40. The van der Waals surface area contributed by atoms with Crippen molar-refractivity contribution in [2.24, 2.45) is 4.99 Å². The van der Waals surface area contributed by atoms with Crippen LogP contribution in [0.4, 0.5) is 5.69 Å². The summed E-state index contributed by atoms with van der Waals surface area (Å²) in [5.41, 5.74) is 3.81. The van der Waals surface area contributed by atoms with Gasteiger partial charge in [0.1, 0.15) is 5.75 Å². The molecule has 4 aromatic rings. The Labute approximate surface area is 174 Å². The van der Waals surface area contributed by atoms with Gasteiger partial charge in [-0.25, -0.2) is 9.55 Å². The van der Waals surface area contributed by atoms with E-state index in [1.54, 1.807) is 13.3 Å². The molecule has 0 unspecified atom stereocenters. The Kier molecular flexibility index (Phi) is 5.56. The van der Waals surface area contributed by atoms with E-state index in [1.165, 1.54) is 0 Å². The SMILES string of the molecule is COc1ccc(-c2ncc(-c3cc[n+](Cc4cccc(N=C=S)c4)cc3)o2)cc1. The first kappa shape index (κ1) is 18.7. The van der Waals surface area contributed by atoms with E-state index in [9.17, 15) is 0 Å². The molecule has 0 N–H and O–H groups in total. The second-order valence-electron chi connectivity index (χ2n) is 6.39. The minimum atomic E-state index is 0.579. The van der Waals surface area contributed by atoms with Crippen LogP contribution >= 0.6 is 12.2 Å². The van der Waals surface area contributed by atoms with Gasteiger partial charge in [0, 0.05) is 28.8 Å². The number of methoxy groups -OCH3 is 1. The third-order valence-electron chi connectivity index (χ3n) is 4.47. The van der Waals surface area contributed by atoms with Gasteiger partial charge in [-0.2, -0.15) is 4.99 Å². The quantitative estimate of drug-likeness (QED) is 0.257. The largest absolute Gasteiger partial charge is 0.497 e. The molecule has 0 saturated heterocycles. The molecule has 0 atom stereocenters. The number of oxazole rings is 1. The summed E-state index contributed by atoms with van der Waals surface area (Å²) < 4.78 is 13.2. The summed E-state index contributed by atoms with van der Waals surface area (Å²) >= 11 is 4.67. The lowest BCUT2D eigenvalue weighted by molar-refractivity contribution is -0.688. The van der Waals surface area contributed by atoms with Crippen LogP contribution in [0.5, 0.6) is 5.75 Å². The summed E-state index contributed by atoms with van der Waals surface area (Å²) in [6.45, 7) is 0.731. The van der Waals surface area contributed by atoms with E-state index in [-0.39, 0.29) is 0 Å². The predicted molar refractivity (Wildman–Crippen MR) is 114 cm³/mol. The zero-order chi connectivity index (χ0) is 20.1. The molecular weight excluding hydrogens is 382 g/mol. The van der Waals surface area contributed by atoms with E-state index in [2.05, 4.69) is 38.0 Å². The molecular formula is C23H18N3O2S+. The van der Waals surface area contributed by atoms with Crippen LogP contribution in [0.3, 0.4) is 0 Å². The molecule has 6 heteroatoms. The van der Waals surface area contributed by atoms with Gasteiger partial charge < -0.3 is 9.15 Å². The summed E-state index contributed by atoms with van der Waals surface area (Å²) in [6, 6.07) is 19.6. The van der Waals surface area contributed by atoms with E-state index < -0.39 is 0 Å². The monoisotopic (exact) mass is 400 g/mol. The number of ether oxygens (including phenoxy) is 1. The van der Waals surface area contributed by atoms with Crippen LogP contribution in [-0.2, 0) is 6.54 Å². The van der Waals surface area contributed by atoms with Gasteiger partial charge in [0.05, 0.1) is 24.2 Å². The summed E-state index contributed by atoms with van der Waals surface area (Å²) in [4.78, 5) is 8.43. The van der Waals surface area contributed by atoms with Crippen molar-refractivity contribution in [2.45, 2.75) is 6.54 Å². The number of pyridine rings is 1. The number of benzene rings is 2. The fraction of sp³-hybridized carbons (Fsp3) is 0.0870. The van der Waals surface area contributed by atoms with Gasteiger partial charge in [-0.15, -0.1) is 0 Å². The van der Waals surface area contributed by atoms with Crippen molar-refractivity contribution < 1.29 is 13.7 Å². The lowest BCUT2D eigenvalue weighted by Gasteiger charge is -2.01. The fourth-order valence-electron chi connectivity index (χ4n) is 2.99. The predicted octanol–water partition coefficient (Wildman–Crippen LogP) is 5.09. The van der Waals surface area contributed by atoms with Crippen LogP contribution < -0.4 is 9.30 Å². The number of aliphatic imine (C=N–C) groups is 1. The first-order valence-electron chi connectivity index (χ1n) is 9.02. The Morgan fingerprint density at radius 1 is 1.07 bits per heavy atom. The van der Waals surface area contributed by atoms with Crippen molar-refractivity contribution >= 4 is 23.1 Å². The zero-order valence-electron chi connectivity index (χ0n) is 15.8. The molecule has 0 radical (unpaired) electrons. The lowest BCUT2D eigenvalue weighted by atomic mass is 10.2. The molecule has 0 aliphatic heterocycles. The van der Waals surface area contributed by atoms with Gasteiger partial charge >= 0.3 is 0 Å². The maximum absolute atomic E-state index is 5.94. The number of hydrogen-bond acceptors (Lipinski definition) is 5. The minimum absolute atomic E-state index is 0.579. The maximum Gasteiger partial charge on any atom is 0.226 e. The number of isothiocyanates is 1. The second kappa shape index (κ2) is 8.61. The molecule has 2 heterocycles. The maximum atomic E-state index is 5.94. The minimum Gasteiger partial charge on any atom is -0.497 e. The van der Waals surface area contributed by atoms with Gasteiger partial charge in [-0.1, -0.05) is 12.1 Å². The number of aromatic nitrogens is 2. The van der Waals surface area contributed by atoms with Gasteiger partial charge in [-0.05, 0) is 48.6 Å². The van der Waals surface area contributed by atoms with Crippen molar-refractivity contribution in [3.8, 4) is 28.5 Å². The first-order chi connectivity index (χ1) is 14.2. The molecule has 29 heavy (non-hydrogen) atoms. The average Bonchev–Trinajstić information content (AvgIpc) is 3.25. The van der Waals surface area contributed by atoms with Gasteiger partial charge in [0.25, 0.3) is 0 Å². The Bertz CT molecular complexity index is 1160. The molecule has 2 aromatic carbocycles. The standard InChI is InChI=1S/C23H18N3O2S/c1-27-21-7-5-19(6-8-21)23-24-14-22(28-23)18-9-11-26(12-10-18)15-17-3-2-4-20(13-17)25-16-29/h2-14H,15H2,1H3/q+1. The molecule has 0 fully saturated rings. The Hall–Kier alpha value is -3.60.